The molecule has 0 atom stereocenters. The first-order valence-electron chi connectivity index (χ1n) is 9.95. The summed E-state index contributed by atoms with van der Waals surface area (Å²) in [6.07, 6.45) is 4.76. The van der Waals surface area contributed by atoms with Gasteiger partial charge in [-0.05, 0) is 60.7 Å². The molecule has 1 heterocycles. The van der Waals surface area contributed by atoms with E-state index in [0.29, 0.717) is 18.4 Å². The molecular weight excluding hydrogens is 402 g/mol. The Labute approximate surface area is 176 Å². The molecule has 0 saturated carbocycles. The van der Waals surface area contributed by atoms with E-state index in [1.165, 1.54) is 40.2 Å². The minimum absolute atomic E-state index is 0.104. The van der Waals surface area contributed by atoms with Crippen molar-refractivity contribution in [2.75, 3.05) is 13.1 Å². The Bertz CT molecular complexity index is 1030. The van der Waals surface area contributed by atoms with Crippen LogP contribution in [0, 0.1) is 5.92 Å². The molecule has 1 N–H and O–H groups in total. The highest BCUT2D eigenvalue weighted by Gasteiger charge is 2.31. The Morgan fingerprint density at radius 3 is 2.17 bits per heavy atom. The van der Waals surface area contributed by atoms with Crippen molar-refractivity contribution in [1.82, 2.24) is 4.31 Å². The summed E-state index contributed by atoms with van der Waals surface area (Å²) in [6.45, 7) is 2.44. The smallest absolute Gasteiger partial charge is 0.306 e. The molecule has 1 saturated heterocycles. The molecule has 0 aliphatic carbocycles. The van der Waals surface area contributed by atoms with Gasteiger partial charge in [0.2, 0.25) is 10.0 Å². The van der Waals surface area contributed by atoms with Crippen LogP contribution in [-0.4, -0.2) is 42.7 Å². The van der Waals surface area contributed by atoms with Crippen LogP contribution in [0.5, 0.6) is 0 Å². The molecule has 2 aromatic rings. The molecule has 158 valence electrons. The van der Waals surface area contributed by atoms with E-state index < -0.39 is 21.9 Å². The second-order valence-electron chi connectivity index (χ2n) is 7.33. The maximum absolute atomic E-state index is 12.8. The molecule has 1 aliphatic rings. The number of aliphatic carboxylic acids is 1. The number of carbonyl (C=O) groups is 2. The highest BCUT2D eigenvalue weighted by molar-refractivity contribution is 7.89. The van der Waals surface area contributed by atoms with Gasteiger partial charge in [0.05, 0.1) is 10.8 Å². The van der Waals surface area contributed by atoms with Gasteiger partial charge >= 0.3 is 5.97 Å². The van der Waals surface area contributed by atoms with Crippen LogP contribution in [0.15, 0.2) is 59.5 Å². The minimum Gasteiger partial charge on any atom is -0.481 e. The lowest BCUT2D eigenvalue weighted by atomic mass is 9.99. The Balaban J connectivity index is 1.67. The maximum atomic E-state index is 12.8. The van der Waals surface area contributed by atoms with Gasteiger partial charge in [0.25, 0.3) is 0 Å². The number of hydrogen-bond acceptors (Lipinski definition) is 4. The van der Waals surface area contributed by atoms with Crippen molar-refractivity contribution >= 4 is 27.9 Å². The Morgan fingerprint density at radius 2 is 1.63 bits per heavy atom. The Hall–Kier alpha value is -2.77. The fraction of sp³-hybridized carbons (Fsp3) is 0.304. The summed E-state index contributed by atoms with van der Waals surface area (Å²) in [5.74, 6) is -1.59. The molecule has 0 aromatic heterocycles. The summed E-state index contributed by atoms with van der Waals surface area (Å²) < 4.78 is 26.9. The molecule has 1 fully saturated rings. The van der Waals surface area contributed by atoms with Crippen molar-refractivity contribution in [3.8, 4) is 0 Å². The van der Waals surface area contributed by atoms with Crippen LogP contribution < -0.4 is 0 Å². The number of sulfonamides is 1. The minimum atomic E-state index is -3.70. The lowest BCUT2D eigenvalue weighted by Gasteiger charge is -2.29. The van der Waals surface area contributed by atoms with E-state index in [4.69, 9.17) is 5.11 Å². The molecule has 7 heteroatoms. The third kappa shape index (κ3) is 5.04. The summed E-state index contributed by atoms with van der Waals surface area (Å²) >= 11 is 0. The van der Waals surface area contributed by atoms with E-state index >= 15 is 0 Å². The van der Waals surface area contributed by atoms with Gasteiger partial charge in [-0.3, -0.25) is 9.59 Å². The summed E-state index contributed by atoms with van der Waals surface area (Å²) in [5.41, 5.74) is 2.55. The summed E-state index contributed by atoms with van der Waals surface area (Å²) in [5, 5.41) is 9.06. The van der Waals surface area contributed by atoms with Gasteiger partial charge in [-0.25, -0.2) is 8.42 Å². The fourth-order valence-electron chi connectivity index (χ4n) is 3.42. The molecule has 0 radical (unpaired) electrons. The average Bonchev–Trinajstić information content (AvgIpc) is 2.78. The fourth-order valence-corrected chi connectivity index (χ4v) is 4.89. The van der Waals surface area contributed by atoms with E-state index in [2.05, 4.69) is 6.92 Å². The van der Waals surface area contributed by atoms with Crippen molar-refractivity contribution in [3.63, 3.8) is 0 Å². The van der Waals surface area contributed by atoms with Crippen molar-refractivity contribution in [2.45, 2.75) is 31.1 Å². The second-order valence-corrected chi connectivity index (χ2v) is 9.27. The average molecular weight is 428 g/mol. The third-order valence-corrected chi connectivity index (χ3v) is 7.31. The topological polar surface area (TPSA) is 91.8 Å². The molecule has 30 heavy (non-hydrogen) atoms. The normalized spacial score (nSPS) is 16.0. The lowest BCUT2D eigenvalue weighted by Crippen LogP contribution is -2.40. The van der Waals surface area contributed by atoms with E-state index in [-0.39, 0.29) is 23.8 Å². The molecule has 3 rings (SSSR count). The van der Waals surface area contributed by atoms with Gasteiger partial charge in [-0.1, -0.05) is 37.3 Å². The van der Waals surface area contributed by atoms with Gasteiger partial charge in [0.15, 0.2) is 5.78 Å². The molecule has 0 bridgehead atoms. The van der Waals surface area contributed by atoms with Gasteiger partial charge in [0.1, 0.15) is 0 Å². The van der Waals surface area contributed by atoms with Crippen LogP contribution >= 0.6 is 0 Å². The maximum Gasteiger partial charge on any atom is 0.306 e. The van der Waals surface area contributed by atoms with Crippen LogP contribution in [0.4, 0.5) is 0 Å². The molecule has 0 spiro atoms. The van der Waals surface area contributed by atoms with Gasteiger partial charge in [-0.2, -0.15) is 4.31 Å². The molecule has 1 aliphatic heterocycles. The SMILES string of the molecule is CCc1ccc(/C=C/C(=O)c2ccc(S(=O)(=O)N3CCC(C(=O)O)CC3)cc2)cc1. The molecule has 6 nitrogen and oxygen atoms in total. The van der Waals surface area contributed by atoms with Crippen LogP contribution in [0.25, 0.3) is 6.08 Å². The van der Waals surface area contributed by atoms with Crippen molar-refractivity contribution in [2.24, 2.45) is 5.92 Å². The summed E-state index contributed by atoms with van der Waals surface area (Å²) in [7, 11) is -3.70. The molecule has 0 unspecified atom stereocenters. The number of nitrogens with zero attached hydrogens (tertiary/aromatic N) is 1. The zero-order valence-corrected chi connectivity index (χ0v) is 17.6. The number of piperidine rings is 1. The number of hydrogen-bond donors (Lipinski definition) is 1. The van der Waals surface area contributed by atoms with Crippen LogP contribution in [0.2, 0.25) is 0 Å². The first kappa shape index (κ1) is 21.9. The molecule has 2 aromatic carbocycles. The van der Waals surface area contributed by atoms with E-state index in [9.17, 15) is 18.0 Å². The van der Waals surface area contributed by atoms with Crippen LogP contribution in [-0.2, 0) is 21.2 Å². The Morgan fingerprint density at radius 1 is 1.03 bits per heavy atom. The number of carboxylic acids is 1. The summed E-state index contributed by atoms with van der Waals surface area (Å²) in [4.78, 5) is 23.6. The quantitative estimate of drug-likeness (QED) is 0.538. The summed E-state index contributed by atoms with van der Waals surface area (Å²) in [6, 6.07) is 13.8. The van der Waals surface area contributed by atoms with Crippen molar-refractivity contribution in [3.05, 3.63) is 71.3 Å². The number of allylic oxidation sites excluding steroid dienone is 1. The number of rotatable bonds is 7. The highest BCUT2D eigenvalue weighted by atomic mass is 32.2. The van der Waals surface area contributed by atoms with E-state index in [0.717, 1.165) is 12.0 Å². The van der Waals surface area contributed by atoms with Crippen LogP contribution in [0.3, 0.4) is 0 Å². The van der Waals surface area contributed by atoms with Crippen molar-refractivity contribution in [1.29, 1.82) is 0 Å². The molecule has 0 amide bonds. The van der Waals surface area contributed by atoms with E-state index in [1.54, 1.807) is 6.08 Å². The number of aryl methyl sites for hydroxylation is 1. The predicted molar refractivity (Wildman–Crippen MR) is 115 cm³/mol. The zero-order chi connectivity index (χ0) is 21.7. The first-order valence-corrected chi connectivity index (χ1v) is 11.4. The number of benzene rings is 2. The monoisotopic (exact) mass is 427 g/mol. The predicted octanol–water partition coefficient (Wildman–Crippen LogP) is 3.63. The first-order chi connectivity index (χ1) is 14.3. The standard InChI is InChI=1S/C23H25NO5S/c1-2-17-3-5-18(6-4-17)7-12-22(25)19-8-10-21(11-9-19)30(28,29)24-15-13-20(14-16-24)23(26)27/h3-12,20H,2,13-16H2,1H3,(H,26,27)/b12-7+. The number of carboxylic acid groups (broad SMARTS) is 1. The number of ketones is 1. The second kappa shape index (κ2) is 9.36. The molecular formula is C23H25NO5S. The van der Waals surface area contributed by atoms with Gasteiger partial charge < -0.3 is 5.11 Å². The van der Waals surface area contributed by atoms with Crippen LogP contribution in [0.1, 0.15) is 41.3 Å². The third-order valence-electron chi connectivity index (χ3n) is 5.39. The number of carbonyl (C=O) groups excluding carboxylic acids is 1. The zero-order valence-electron chi connectivity index (χ0n) is 16.8. The largest absolute Gasteiger partial charge is 0.481 e. The van der Waals surface area contributed by atoms with Crippen molar-refractivity contribution < 1.29 is 23.1 Å². The van der Waals surface area contributed by atoms with Gasteiger partial charge in [0, 0.05) is 18.7 Å². The highest BCUT2D eigenvalue weighted by Crippen LogP contribution is 2.24. The van der Waals surface area contributed by atoms with E-state index in [1.807, 2.05) is 24.3 Å². The Kier molecular flexibility index (Phi) is 6.84. The van der Waals surface area contributed by atoms with Gasteiger partial charge in [-0.15, -0.1) is 0 Å². The lowest BCUT2D eigenvalue weighted by molar-refractivity contribution is -0.142.